The monoisotopic (exact) mass is 358 g/mol. The van der Waals surface area contributed by atoms with E-state index in [0.717, 1.165) is 22.7 Å². The Morgan fingerprint density at radius 1 is 1.15 bits per heavy atom. The lowest BCUT2D eigenvalue weighted by atomic mass is 10.2. The Balaban J connectivity index is 1.87. The Hall–Kier alpha value is -2.76. The molecule has 1 aromatic carbocycles. The summed E-state index contributed by atoms with van der Waals surface area (Å²) in [6.45, 7) is 8.00. The fraction of sp³-hybridized carbons (Fsp3) is 0.400. The van der Waals surface area contributed by atoms with Gasteiger partial charge in [-0.25, -0.2) is 4.79 Å². The van der Waals surface area contributed by atoms with E-state index in [-0.39, 0.29) is 18.6 Å². The van der Waals surface area contributed by atoms with Gasteiger partial charge in [0.05, 0.1) is 12.7 Å². The highest BCUT2D eigenvalue weighted by atomic mass is 16.5. The normalized spacial score (nSPS) is 10.7. The molecule has 1 amide bonds. The van der Waals surface area contributed by atoms with E-state index >= 15 is 0 Å². The number of benzene rings is 1. The van der Waals surface area contributed by atoms with Crippen LogP contribution in [-0.4, -0.2) is 30.2 Å². The molecule has 0 fully saturated rings. The Labute approximate surface area is 154 Å². The van der Waals surface area contributed by atoms with Crippen molar-refractivity contribution < 1.29 is 19.1 Å². The van der Waals surface area contributed by atoms with Gasteiger partial charge in [0.15, 0.2) is 6.61 Å². The maximum Gasteiger partial charge on any atom is 0.340 e. The van der Waals surface area contributed by atoms with Crippen LogP contribution in [0.4, 0.5) is 0 Å². The van der Waals surface area contributed by atoms with Gasteiger partial charge in [0.25, 0.3) is 5.91 Å². The van der Waals surface area contributed by atoms with Gasteiger partial charge in [-0.1, -0.05) is 12.1 Å². The van der Waals surface area contributed by atoms with Crippen LogP contribution < -0.4 is 10.1 Å². The highest BCUT2D eigenvalue weighted by Gasteiger charge is 2.19. The molecule has 0 saturated heterocycles. The smallest absolute Gasteiger partial charge is 0.340 e. The van der Waals surface area contributed by atoms with Crippen LogP contribution in [0, 0.1) is 13.8 Å². The molecule has 6 nitrogen and oxygen atoms in total. The van der Waals surface area contributed by atoms with E-state index in [1.165, 1.54) is 0 Å². The largest absolute Gasteiger partial charge is 0.497 e. The first kappa shape index (κ1) is 19.6. The van der Waals surface area contributed by atoms with Crippen molar-refractivity contribution in [2.24, 2.45) is 0 Å². The zero-order valence-corrected chi connectivity index (χ0v) is 16.0. The van der Waals surface area contributed by atoms with Gasteiger partial charge < -0.3 is 19.4 Å². The Morgan fingerprint density at radius 3 is 2.35 bits per heavy atom. The van der Waals surface area contributed by atoms with Crippen LogP contribution in [0.15, 0.2) is 30.3 Å². The summed E-state index contributed by atoms with van der Waals surface area (Å²) in [7, 11) is 1.60. The third-order valence-corrected chi connectivity index (χ3v) is 4.20. The van der Waals surface area contributed by atoms with Crippen LogP contribution in [0.3, 0.4) is 0 Å². The Morgan fingerprint density at radius 2 is 1.81 bits per heavy atom. The molecule has 0 bridgehead atoms. The molecule has 1 heterocycles. The predicted molar refractivity (Wildman–Crippen MR) is 99.4 cm³/mol. The number of hydrogen-bond acceptors (Lipinski definition) is 4. The number of aryl methyl sites for hydroxylation is 1. The van der Waals surface area contributed by atoms with Gasteiger partial charge in [0, 0.05) is 24.0 Å². The van der Waals surface area contributed by atoms with E-state index in [4.69, 9.17) is 9.47 Å². The average molecular weight is 358 g/mol. The van der Waals surface area contributed by atoms with Crippen molar-refractivity contribution in [2.75, 3.05) is 13.7 Å². The number of nitrogens with zero attached hydrogens (tertiary/aromatic N) is 1. The fourth-order valence-corrected chi connectivity index (χ4v) is 2.98. The summed E-state index contributed by atoms with van der Waals surface area (Å²) in [5.41, 5.74) is 3.28. The van der Waals surface area contributed by atoms with Gasteiger partial charge in [-0.3, -0.25) is 4.79 Å². The highest BCUT2D eigenvalue weighted by molar-refractivity contribution is 5.92. The number of amides is 1. The predicted octanol–water partition coefficient (Wildman–Crippen LogP) is 3.17. The summed E-state index contributed by atoms with van der Waals surface area (Å²) in [5, 5.41) is 2.73. The summed E-state index contributed by atoms with van der Waals surface area (Å²) in [6.07, 6.45) is 0. The number of nitrogens with one attached hydrogen (secondary N) is 1. The van der Waals surface area contributed by atoms with Gasteiger partial charge in [0.2, 0.25) is 0 Å². The summed E-state index contributed by atoms with van der Waals surface area (Å²) in [5.74, 6) is -0.0653. The van der Waals surface area contributed by atoms with Crippen molar-refractivity contribution in [3.8, 4) is 5.75 Å². The fourth-order valence-electron chi connectivity index (χ4n) is 2.98. The van der Waals surface area contributed by atoms with Crippen LogP contribution in [0.25, 0.3) is 0 Å². The van der Waals surface area contributed by atoms with Crippen LogP contribution in [-0.2, 0) is 16.1 Å². The lowest BCUT2D eigenvalue weighted by Crippen LogP contribution is -2.28. The first-order valence-corrected chi connectivity index (χ1v) is 8.58. The second-order valence-corrected chi connectivity index (χ2v) is 6.45. The van der Waals surface area contributed by atoms with Crippen molar-refractivity contribution >= 4 is 11.9 Å². The first-order valence-electron chi connectivity index (χ1n) is 8.58. The second-order valence-electron chi connectivity index (χ2n) is 6.45. The van der Waals surface area contributed by atoms with Crippen LogP contribution in [0.1, 0.15) is 47.2 Å². The summed E-state index contributed by atoms with van der Waals surface area (Å²) >= 11 is 0. The Kier molecular flexibility index (Phi) is 6.44. The van der Waals surface area contributed by atoms with Crippen molar-refractivity contribution in [3.05, 3.63) is 52.8 Å². The number of rotatable bonds is 7. The molecule has 0 aliphatic rings. The third kappa shape index (κ3) is 4.65. The minimum absolute atomic E-state index is 0.254. The van der Waals surface area contributed by atoms with E-state index in [2.05, 4.69) is 23.7 Å². The minimum atomic E-state index is -0.482. The number of carbonyl (C=O) groups is 2. The lowest BCUT2D eigenvalue weighted by Gasteiger charge is -2.13. The number of carbonyl (C=O) groups excluding carboxylic acids is 2. The molecule has 0 atom stereocenters. The van der Waals surface area contributed by atoms with E-state index in [1.807, 2.05) is 38.1 Å². The van der Waals surface area contributed by atoms with Gasteiger partial charge in [-0.2, -0.15) is 0 Å². The molecule has 2 aromatic rings. The maximum absolute atomic E-state index is 12.3. The molecular formula is C20H26N2O4. The standard InChI is InChI=1S/C20H26N2O4/c1-13(2)22-14(3)10-18(15(22)4)20(24)26-12-19(23)21-11-16-6-8-17(25-5)9-7-16/h6-10,13H,11-12H2,1-5H3,(H,21,23). The lowest BCUT2D eigenvalue weighted by molar-refractivity contribution is -0.124. The third-order valence-electron chi connectivity index (χ3n) is 4.20. The molecule has 1 N–H and O–H groups in total. The molecule has 26 heavy (non-hydrogen) atoms. The molecule has 0 radical (unpaired) electrons. The zero-order valence-electron chi connectivity index (χ0n) is 16.0. The minimum Gasteiger partial charge on any atom is -0.497 e. The molecular weight excluding hydrogens is 332 g/mol. The summed E-state index contributed by atoms with van der Waals surface area (Å²) in [4.78, 5) is 24.2. The zero-order chi connectivity index (χ0) is 19.3. The molecule has 2 rings (SSSR count). The number of hydrogen-bond donors (Lipinski definition) is 1. The molecule has 6 heteroatoms. The average Bonchev–Trinajstić information content (AvgIpc) is 2.92. The molecule has 0 aliphatic heterocycles. The maximum atomic E-state index is 12.3. The number of esters is 1. The molecule has 140 valence electrons. The highest BCUT2D eigenvalue weighted by Crippen LogP contribution is 2.20. The number of methoxy groups -OCH3 is 1. The van der Waals surface area contributed by atoms with E-state index in [0.29, 0.717) is 12.1 Å². The SMILES string of the molecule is COc1ccc(CNC(=O)COC(=O)c2cc(C)n(C(C)C)c2C)cc1. The Bertz CT molecular complexity index is 776. The van der Waals surface area contributed by atoms with Crippen molar-refractivity contribution in [2.45, 2.75) is 40.3 Å². The van der Waals surface area contributed by atoms with Crippen molar-refractivity contribution in [1.29, 1.82) is 0 Å². The topological polar surface area (TPSA) is 69.6 Å². The van der Waals surface area contributed by atoms with E-state index in [1.54, 1.807) is 13.2 Å². The quantitative estimate of drug-likeness (QED) is 0.772. The molecule has 0 spiro atoms. The van der Waals surface area contributed by atoms with Gasteiger partial charge >= 0.3 is 5.97 Å². The molecule has 0 aliphatic carbocycles. The first-order chi connectivity index (χ1) is 12.3. The van der Waals surface area contributed by atoms with Crippen LogP contribution in [0.5, 0.6) is 5.75 Å². The molecule has 0 unspecified atom stereocenters. The van der Waals surface area contributed by atoms with E-state index in [9.17, 15) is 9.59 Å². The molecule has 1 aromatic heterocycles. The van der Waals surface area contributed by atoms with Gasteiger partial charge in [-0.15, -0.1) is 0 Å². The van der Waals surface area contributed by atoms with Crippen LogP contribution >= 0.6 is 0 Å². The molecule has 0 saturated carbocycles. The van der Waals surface area contributed by atoms with Crippen LogP contribution in [0.2, 0.25) is 0 Å². The summed E-state index contributed by atoms with van der Waals surface area (Å²) in [6, 6.07) is 9.44. The number of aromatic nitrogens is 1. The van der Waals surface area contributed by atoms with Crippen molar-refractivity contribution in [3.63, 3.8) is 0 Å². The van der Waals surface area contributed by atoms with Gasteiger partial charge in [-0.05, 0) is 51.5 Å². The van der Waals surface area contributed by atoms with Crippen molar-refractivity contribution in [1.82, 2.24) is 9.88 Å². The number of ether oxygens (including phenoxy) is 2. The van der Waals surface area contributed by atoms with E-state index < -0.39 is 5.97 Å². The van der Waals surface area contributed by atoms with Gasteiger partial charge in [0.1, 0.15) is 5.75 Å². The second kappa shape index (κ2) is 8.56. The summed E-state index contributed by atoms with van der Waals surface area (Å²) < 4.78 is 12.3.